The number of nitrogens with zero attached hydrogens (tertiary/aromatic N) is 1. The summed E-state index contributed by atoms with van der Waals surface area (Å²) < 4.78 is 11.2. The molecule has 106 valence electrons. The van der Waals surface area contributed by atoms with Gasteiger partial charge in [-0.25, -0.2) is 4.98 Å². The Hall–Kier alpha value is -1.59. The van der Waals surface area contributed by atoms with E-state index in [2.05, 4.69) is 36.3 Å². The summed E-state index contributed by atoms with van der Waals surface area (Å²) in [6.07, 6.45) is 1.84. The maximum atomic E-state index is 5.67. The molecule has 0 aliphatic carbocycles. The van der Waals surface area contributed by atoms with Crippen LogP contribution in [0.15, 0.2) is 29.8 Å². The van der Waals surface area contributed by atoms with Gasteiger partial charge in [0, 0.05) is 17.6 Å². The molecule has 0 radical (unpaired) electrons. The molecule has 0 spiro atoms. The van der Waals surface area contributed by atoms with Crippen LogP contribution < -0.4 is 14.8 Å². The second kappa shape index (κ2) is 5.81. The molecule has 0 saturated heterocycles. The van der Waals surface area contributed by atoms with Crippen molar-refractivity contribution in [2.75, 3.05) is 13.2 Å². The van der Waals surface area contributed by atoms with E-state index < -0.39 is 0 Å². The molecular weight excluding hydrogens is 272 g/mol. The van der Waals surface area contributed by atoms with Crippen molar-refractivity contribution < 1.29 is 9.47 Å². The first-order valence-corrected chi connectivity index (χ1v) is 7.67. The lowest BCUT2D eigenvalue weighted by Crippen LogP contribution is -2.29. The third kappa shape index (κ3) is 2.78. The van der Waals surface area contributed by atoms with E-state index in [0.717, 1.165) is 22.1 Å². The summed E-state index contributed by atoms with van der Waals surface area (Å²) in [5.74, 6) is 1.64. The summed E-state index contributed by atoms with van der Waals surface area (Å²) >= 11 is 1.66. The number of thiazole rings is 1. The molecule has 2 aromatic rings. The molecule has 3 rings (SSSR count). The molecule has 2 heterocycles. The summed E-state index contributed by atoms with van der Waals surface area (Å²) in [5, 5.41) is 6.62. The molecule has 5 heteroatoms. The highest BCUT2D eigenvalue weighted by Gasteiger charge is 2.20. The van der Waals surface area contributed by atoms with Crippen LogP contribution in [0, 0.1) is 0 Å². The van der Waals surface area contributed by atoms with E-state index in [0.29, 0.717) is 19.3 Å². The van der Waals surface area contributed by atoms with Gasteiger partial charge in [0.2, 0.25) is 0 Å². The van der Waals surface area contributed by atoms with Crippen molar-refractivity contribution in [2.24, 2.45) is 0 Å². The van der Waals surface area contributed by atoms with Crippen molar-refractivity contribution in [3.8, 4) is 11.5 Å². The first-order chi connectivity index (χ1) is 9.74. The molecule has 1 aromatic heterocycles. The van der Waals surface area contributed by atoms with E-state index in [1.54, 1.807) is 11.3 Å². The molecule has 1 aliphatic heterocycles. The van der Waals surface area contributed by atoms with E-state index in [1.807, 2.05) is 17.6 Å². The van der Waals surface area contributed by atoms with Crippen LogP contribution in [0.4, 0.5) is 0 Å². The van der Waals surface area contributed by atoms with Gasteiger partial charge in [0.1, 0.15) is 18.2 Å². The number of nitrogens with one attached hydrogen (secondary N) is 1. The lowest BCUT2D eigenvalue weighted by molar-refractivity contribution is 0.171. The lowest BCUT2D eigenvalue weighted by Gasteiger charge is -2.23. The van der Waals surface area contributed by atoms with Crippen molar-refractivity contribution in [1.82, 2.24) is 10.3 Å². The van der Waals surface area contributed by atoms with Crippen LogP contribution in [-0.2, 0) is 0 Å². The number of benzene rings is 1. The standard InChI is InChI=1S/C15H18N2O2S/c1-10(2)17-14(15-16-5-8-20-15)11-3-4-12-13(9-11)19-7-6-18-12/h3-5,8-10,14,17H,6-7H2,1-2H3. The molecule has 20 heavy (non-hydrogen) atoms. The largest absolute Gasteiger partial charge is 0.486 e. The predicted octanol–water partition coefficient (Wildman–Crippen LogP) is 3.00. The highest BCUT2D eigenvalue weighted by Crippen LogP contribution is 2.34. The predicted molar refractivity (Wildman–Crippen MR) is 79.7 cm³/mol. The number of aromatic nitrogens is 1. The summed E-state index contributed by atoms with van der Waals surface area (Å²) in [7, 11) is 0. The van der Waals surface area contributed by atoms with E-state index in [1.165, 1.54) is 0 Å². The Balaban J connectivity index is 1.94. The van der Waals surface area contributed by atoms with E-state index >= 15 is 0 Å². The van der Waals surface area contributed by atoms with Crippen molar-refractivity contribution in [3.63, 3.8) is 0 Å². The van der Waals surface area contributed by atoms with Gasteiger partial charge in [-0.1, -0.05) is 6.07 Å². The normalized spacial score (nSPS) is 15.3. The van der Waals surface area contributed by atoms with Gasteiger partial charge in [-0.05, 0) is 31.5 Å². The van der Waals surface area contributed by atoms with E-state index in [9.17, 15) is 0 Å². The fourth-order valence-corrected chi connectivity index (χ4v) is 2.98. The smallest absolute Gasteiger partial charge is 0.161 e. The minimum Gasteiger partial charge on any atom is -0.486 e. The Morgan fingerprint density at radius 3 is 2.70 bits per heavy atom. The molecule has 0 saturated carbocycles. The van der Waals surface area contributed by atoms with Gasteiger partial charge in [-0.3, -0.25) is 0 Å². The number of ether oxygens (including phenoxy) is 2. The molecule has 0 fully saturated rings. The maximum Gasteiger partial charge on any atom is 0.161 e. The number of rotatable bonds is 4. The third-order valence-corrected chi connectivity index (χ3v) is 3.94. The van der Waals surface area contributed by atoms with Gasteiger partial charge < -0.3 is 14.8 Å². The van der Waals surface area contributed by atoms with E-state index in [-0.39, 0.29) is 6.04 Å². The molecule has 4 nitrogen and oxygen atoms in total. The van der Waals surface area contributed by atoms with Crippen LogP contribution in [0.5, 0.6) is 11.5 Å². The Morgan fingerprint density at radius 1 is 1.20 bits per heavy atom. The van der Waals surface area contributed by atoms with Crippen LogP contribution in [0.2, 0.25) is 0 Å². The molecule has 0 amide bonds. The summed E-state index contributed by atoms with van der Waals surface area (Å²) in [4.78, 5) is 4.44. The van der Waals surface area contributed by atoms with E-state index in [4.69, 9.17) is 9.47 Å². The van der Waals surface area contributed by atoms with Crippen LogP contribution in [0.25, 0.3) is 0 Å². The van der Waals surface area contributed by atoms with Gasteiger partial charge in [0.05, 0.1) is 6.04 Å². The number of hydrogen-bond donors (Lipinski definition) is 1. The van der Waals surface area contributed by atoms with Gasteiger partial charge >= 0.3 is 0 Å². The van der Waals surface area contributed by atoms with Crippen molar-refractivity contribution >= 4 is 11.3 Å². The highest BCUT2D eigenvalue weighted by atomic mass is 32.1. The Labute approximate surface area is 122 Å². The van der Waals surface area contributed by atoms with Gasteiger partial charge in [0.15, 0.2) is 11.5 Å². The van der Waals surface area contributed by atoms with Crippen molar-refractivity contribution in [1.29, 1.82) is 0 Å². The first kappa shape index (κ1) is 13.4. The molecule has 1 atom stereocenters. The average Bonchev–Trinajstić information content (AvgIpc) is 2.98. The monoisotopic (exact) mass is 290 g/mol. The van der Waals surface area contributed by atoms with Gasteiger partial charge in [-0.2, -0.15) is 0 Å². The second-order valence-electron chi connectivity index (χ2n) is 5.03. The SMILES string of the molecule is CC(C)NC(c1ccc2c(c1)OCCO2)c1nccs1. The molecule has 1 aromatic carbocycles. The van der Waals surface area contributed by atoms with Gasteiger partial charge in [-0.15, -0.1) is 11.3 Å². The fraction of sp³-hybridized carbons (Fsp3) is 0.400. The molecular formula is C15H18N2O2S. The second-order valence-corrected chi connectivity index (χ2v) is 5.95. The van der Waals surface area contributed by atoms with Gasteiger partial charge in [0.25, 0.3) is 0 Å². The number of fused-ring (bicyclic) bond motifs is 1. The van der Waals surface area contributed by atoms with Crippen molar-refractivity contribution in [3.05, 3.63) is 40.3 Å². The molecule has 1 aliphatic rings. The summed E-state index contributed by atoms with van der Waals surface area (Å²) in [6, 6.07) is 6.57. The van der Waals surface area contributed by atoms with Crippen LogP contribution in [0.3, 0.4) is 0 Å². The third-order valence-electron chi connectivity index (χ3n) is 3.10. The zero-order valence-corrected chi connectivity index (χ0v) is 12.4. The zero-order valence-electron chi connectivity index (χ0n) is 11.6. The van der Waals surface area contributed by atoms with Crippen LogP contribution in [-0.4, -0.2) is 24.2 Å². The lowest BCUT2D eigenvalue weighted by atomic mass is 10.1. The van der Waals surface area contributed by atoms with Crippen LogP contribution >= 0.6 is 11.3 Å². The Morgan fingerprint density at radius 2 is 2.00 bits per heavy atom. The van der Waals surface area contributed by atoms with Crippen molar-refractivity contribution in [2.45, 2.75) is 25.9 Å². The Kier molecular flexibility index (Phi) is 3.89. The minimum atomic E-state index is 0.0887. The molecule has 1 N–H and O–H groups in total. The molecule has 0 bridgehead atoms. The minimum absolute atomic E-state index is 0.0887. The maximum absolute atomic E-state index is 5.67. The quantitative estimate of drug-likeness (QED) is 0.940. The zero-order chi connectivity index (χ0) is 13.9. The summed E-state index contributed by atoms with van der Waals surface area (Å²) in [5.41, 5.74) is 1.15. The Bertz CT molecular complexity index is 569. The first-order valence-electron chi connectivity index (χ1n) is 6.79. The van der Waals surface area contributed by atoms with Crippen LogP contribution in [0.1, 0.15) is 30.5 Å². The average molecular weight is 290 g/mol. The molecule has 1 unspecified atom stereocenters. The summed E-state index contributed by atoms with van der Waals surface area (Å²) in [6.45, 7) is 5.50. The highest BCUT2D eigenvalue weighted by molar-refractivity contribution is 7.09. The number of hydrogen-bond acceptors (Lipinski definition) is 5. The topological polar surface area (TPSA) is 43.4 Å². The fourth-order valence-electron chi connectivity index (χ4n) is 2.26.